The van der Waals surface area contributed by atoms with Gasteiger partial charge in [-0.05, 0) is 30.6 Å². The maximum absolute atomic E-state index is 12.7. The van der Waals surface area contributed by atoms with Gasteiger partial charge in [-0.3, -0.25) is 14.5 Å². The van der Waals surface area contributed by atoms with Crippen LogP contribution in [0.15, 0.2) is 12.2 Å². The van der Waals surface area contributed by atoms with Crippen LogP contribution in [0.4, 0.5) is 0 Å². The molecule has 2 bridgehead atoms. The van der Waals surface area contributed by atoms with Gasteiger partial charge < -0.3 is 4.74 Å². The molecule has 5 atom stereocenters. The van der Waals surface area contributed by atoms with Gasteiger partial charge in [0.15, 0.2) is 0 Å². The lowest BCUT2D eigenvalue weighted by molar-refractivity contribution is -0.158. The van der Waals surface area contributed by atoms with Gasteiger partial charge in [0.1, 0.15) is 6.04 Å². The van der Waals surface area contributed by atoms with E-state index in [1.165, 1.54) is 12.0 Å². The third-order valence-electron chi connectivity index (χ3n) is 4.98. The van der Waals surface area contributed by atoms with E-state index in [0.29, 0.717) is 6.42 Å². The Morgan fingerprint density at radius 2 is 1.76 bits per heavy atom. The zero-order valence-electron chi connectivity index (χ0n) is 12.6. The largest absolute Gasteiger partial charge is 0.467 e. The van der Waals surface area contributed by atoms with Crippen LogP contribution in [0.25, 0.3) is 0 Å². The van der Waals surface area contributed by atoms with Crippen LogP contribution in [0, 0.1) is 29.6 Å². The van der Waals surface area contributed by atoms with Crippen molar-refractivity contribution in [3.63, 3.8) is 0 Å². The highest BCUT2D eigenvalue weighted by Crippen LogP contribution is 2.53. The number of fused-ring (bicyclic) bond motifs is 5. The minimum Gasteiger partial charge on any atom is -0.467 e. The average Bonchev–Trinajstić information content (AvgIpc) is 3.10. The molecule has 5 heteroatoms. The number of carbonyl (C=O) groups is 3. The fourth-order valence-corrected chi connectivity index (χ4v) is 4.12. The zero-order valence-corrected chi connectivity index (χ0v) is 12.6. The maximum atomic E-state index is 12.7. The molecule has 2 aliphatic carbocycles. The lowest BCUT2D eigenvalue weighted by atomic mass is 9.85. The second kappa shape index (κ2) is 4.97. The van der Waals surface area contributed by atoms with Gasteiger partial charge in [-0.1, -0.05) is 26.0 Å². The third kappa shape index (κ3) is 2.01. The Bertz CT molecular complexity index is 494. The molecule has 5 unspecified atom stereocenters. The van der Waals surface area contributed by atoms with Crippen molar-refractivity contribution < 1.29 is 19.1 Å². The van der Waals surface area contributed by atoms with Gasteiger partial charge in [0.05, 0.1) is 18.9 Å². The highest BCUT2D eigenvalue weighted by atomic mass is 16.5. The molecule has 1 aliphatic heterocycles. The summed E-state index contributed by atoms with van der Waals surface area (Å²) in [5, 5.41) is 0. The van der Waals surface area contributed by atoms with Crippen LogP contribution >= 0.6 is 0 Å². The van der Waals surface area contributed by atoms with Gasteiger partial charge >= 0.3 is 5.97 Å². The molecular formula is C16H21NO4. The van der Waals surface area contributed by atoms with Crippen molar-refractivity contribution in [2.24, 2.45) is 29.6 Å². The van der Waals surface area contributed by atoms with E-state index in [0.717, 1.165) is 6.42 Å². The van der Waals surface area contributed by atoms with Crippen LogP contribution in [0.5, 0.6) is 0 Å². The minimum absolute atomic E-state index is 0.166. The van der Waals surface area contributed by atoms with E-state index in [1.54, 1.807) is 0 Å². The Hall–Kier alpha value is -1.65. The molecule has 1 saturated heterocycles. The van der Waals surface area contributed by atoms with Gasteiger partial charge in [-0.15, -0.1) is 0 Å². The molecule has 3 aliphatic rings. The van der Waals surface area contributed by atoms with E-state index in [-0.39, 0.29) is 41.4 Å². The smallest absolute Gasteiger partial charge is 0.329 e. The molecule has 0 aromatic carbocycles. The van der Waals surface area contributed by atoms with Crippen LogP contribution in [0.1, 0.15) is 26.7 Å². The number of hydrogen-bond acceptors (Lipinski definition) is 4. The number of ether oxygens (including phenoxy) is 1. The monoisotopic (exact) mass is 291 g/mol. The van der Waals surface area contributed by atoms with Crippen LogP contribution in [-0.2, 0) is 19.1 Å². The number of nitrogens with zero attached hydrogens (tertiary/aromatic N) is 1. The highest BCUT2D eigenvalue weighted by Gasteiger charge is 2.61. The highest BCUT2D eigenvalue weighted by molar-refractivity contribution is 6.08. The number of hydrogen-bond donors (Lipinski definition) is 0. The molecule has 5 nitrogen and oxygen atoms in total. The summed E-state index contributed by atoms with van der Waals surface area (Å²) in [6.45, 7) is 3.93. The van der Waals surface area contributed by atoms with Crippen molar-refractivity contribution >= 4 is 17.8 Å². The van der Waals surface area contributed by atoms with E-state index in [9.17, 15) is 14.4 Å². The van der Waals surface area contributed by atoms with Gasteiger partial charge in [0.2, 0.25) is 11.8 Å². The predicted octanol–water partition coefficient (Wildman–Crippen LogP) is 1.38. The summed E-state index contributed by atoms with van der Waals surface area (Å²) in [7, 11) is 1.30. The van der Waals surface area contributed by atoms with Crippen molar-refractivity contribution in [1.82, 2.24) is 4.90 Å². The molecule has 0 spiro atoms. The molecule has 0 N–H and O–H groups in total. The molecule has 1 saturated carbocycles. The van der Waals surface area contributed by atoms with E-state index < -0.39 is 12.0 Å². The first kappa shape index (κ1) is 14.3. The molecule has 21 heavy (non-hydrogen) atoms. The number of esters is 1. The summed E-state index contributed by atoms with van der Waals surface area (Å²) >= 11 is 0. The minimum atomic E-state index is -0.778. The molecule has 3 rings (SSSR count). The first-order valence-electron chi connectivity index (χ1n) is 7.58. The van der Waals surface area contributed by atoms with Gasteiger partial charge in [0, 0.05) is 0 Å². The Balaban J connectivity index is 1.90. The Morgan fingerprint density at radius 1 is 1.24 bits per heavy atom. The number of allylic oxidation sites excluding steroid dienone is 2. The fraction of sp³-hybridized carbons (Fsp3) is 0.688. The average molecular weight is 291 g/mol. The topological polar surface area (TPSA) is 63.7 Å². The van der Waals surface area contributed by atoms with Gasteiger partial charge in [-0.2, -0.15) is 0 Å². The van der Waals surface area contributed by atoms with E-state index in [4.69, 9.17) is 4.74 Å². The van der Waals surface area contributed by atoms with Crippen molar-refractivity contribution in [2.75, 3.05) is 7.11 Å². The maximum Gasteiger partial charge on any atom is 0.329 e. The number of carbonyl (C=O) groups excluding carboxylic acids is 3. The number of amides is 2. The number of imide groups is 1. The van der Waals surface area contributed by atoms with Crippen molar-refractivity contribution in [3.8, 4) is 0 Å². The molecule has 1 heterocycles. The molecule has 2 fully saturated rings. The van der Waals surface area contributed by atoms with Crippen molar-refractivity contribution in [3.05, 3.63) is 12.2 Å². The second-order valence-electron chi connectivity index (χ2n) is 6.71. The molecular weight excluding hydrogens is 270 g/mol. The standard InChI is InChI=1S/C16H21NO4/c1-8(2)6-11(16(20)21-3)17-14(18)12-9-4-5-10(7-9)13(12)15(17)19/h4-5,8-13H,6-7H2,1-3H3. The second-order valence-corrected chi connectivity index (χ2v) is 6.71. The molecule has 2 amide bonds. The lowest BCUT2D eigenvalue weighted by Crippen LogP contribution is -2.47. The Kier molecular flexibility index (Phi) is 3.38. The Labute approximate surface area is 124 Å². The zero-order chi connectivity index (χ0) is 15.3. The number of methoxy groups -OCH3 is 1. The Morgan fingerprint density at radius 3 is 2.19 bits per heavy atom. The van der Waals surface area contributed by atoms with Crippen LogP contribution in [0.3, 0.4) is 0 Å². The number of rotatable bonds is 4. The third-order valence-corrected chi connectivity index (χ3v) is 4.98. The van der Waals surface area contributed by atoms with Crippen molar-refractivity contribution in [1.29, 1.82) is 0 Å². The van der Waals surface area contributed by atoms with Gasteiger partial charge in [-0.25, -0.2) is 4.79 Å². The van der Waals surface area contributed by atoms with E-state index >= 15 is 0 Å². The van der Waals surface area contributed by atoms with Crippen LogP contribution in [0.2, 0.25) is 0 Å². The summed E-state index contributed by atoms with van der Waals surface area (Å²) in [5.74, 6) is -0.845. The molecule has 0 aromatic rings. The quantitative estimate of drug-likeness (QED) is 0.446. The summed E-state index contributed by atoms with van der Waals surface area (Å²) < 4.78 is 4.81. The molecule has 0 aromatic heterocycles. The fourth-order valence-electron chi connectivity index (χ4n) is 4.12. The summed E-state index contributed by atoms with van der Waals surface area (Å²) in [6.07, 6.45) is 5.45. The lowest BCUT2D eigenvalue weighted by Gasteiger charge is -2.26. The summed E-state index contributed by atoms with van der Waals surface area (Å²) in [5.41, 5.74) is 0. The SMILES string of the molecule is COC(=O)C(CC(C)C)N1C(=O)C2C3C=CC(C3)C2C1=O. The van der Waals surface area contributed by atoms with Gasteiger partial charge in [0.25, 0.3) is 0 Å². The van der Waals surface area contributed by atoms with E-state index in [1.807, 2.05) is 13.8 Å². The molecule has 0 radical (unpaired) electrons. The van der Waals surface area contributed by atoms with Crippen LogP contribution in [-0.4, -0.2) is 35.8 Å². The van der Waals surface area contributed by atoms with Crippen molar-refractivity contribution in [2.45, 2.75) is 32.7 Å². The van der Waals surface area contributed by atoms with Crippen LogP contribution < -0.4 is 0 Å². The van der Waals surface area contributed by atoms with E-state index in [2.05, 4.69) is 12.2 Å². The predicted molar refractivity (Wildman–Crippen MR) is 74.8 cm³/mol. The first-order chi connectivity index (χ1) is 9.95. The summed E-state index contributed by atoms with van der Waals surface area (Å²) in [4.78, 5) is 38.6. The molecule has 114 valence electrons. The number of likely N-dealkylation sites (tertiary alicyclic amines) is 1. The normalized spacial score (nSPS) is 34.8. The summed E-state index contributed by atoms with van der Waals surface area (Å²) in [6, 6.07) is -0.778. The first-order valence-corrected chi connectivity index (χ1v) is 7.58.